The van der Waals surface area contributed by atoms with Crippen LogP contribution in [0.15, 0.2) is 42.5 Å². The third-order valence-corrected chi connectivity index (χ3v) is 5.98. The van der Waals surface area contributed by atoms with E-state index in [1.807, 2.05) is 49.1 Å². The first-order chi connectivity index (χ1) is 15.9. The second kappa shape index (κ2) is 10.9. The Morgan fingerprint density at radius 3 is 2.12 bits per heavy atom. The quantitative estimate of drug-likeness (QED) is 0.694. The molecule has 8 nitrogen and oxygen atoms in total. The van der Waals surface area contributed by atoms with Gasteiger partial charge in [0.15, 0.2) is 0 Å². The summed E-state index contributed by atoms with van der Waals surface area (Å²) in [5.74, 6) is 0.840. The Morgan fingerprint density at radius 1 is 0.939 bits per heavy atom. The van der Waals surface area contributed by atoms with Gasteiger partial charge in [0.2, 0.25) is 0 Å². The lowest BCUT2D eigenvalue weighted by atomic mass is 10.1. The molecule has 3 rings (SSSR count). The van der Waals surface area contributed by atoms with Crippen LogP contribution in [0.3, 0.4) is 0 Å². The summed E-state index contributed by atoms with van der Waals surface area (Å²) in [7, 11) is 5.07. The van der Waals surface area contributed by atoms with Gasteiger partial charge in [-0.15, -0.1) is 0 Å². The van der Waals surface area contributed by atoms with E-state index in [1.54, 1.807) is 27.3 Å². The molecule has 1 N–H and O–H groups in total. The summed E-state index contributed by atoms with van der Waals surface area (Å²) in [6.07, 6.45) is 0. The molecule has 1 aliphatic heterocycles. The van der Waals surface area contributed by atoms with E-state index in [0.29, 0.717) is 24.3 Å². The van der Waals surface area contributed by atoms with Crippen LogP contribution in [0.1, 0.15) is 24.2 Å². The van der Waals surface area contributed by atoms with Gasteiger partial charge in [-0.05, 0) is 44.2 Å². The first-order valence-corrected chi connectivity index (χ1v) is 11.4. The number of nitrogens with one attached hydrogen (secondary N) is 1. The Balaban J connectivity index is 1.85. The zero-order valence-electron chi connectivity index (χ0n) is 20.3. The zero-order chi connectivity index (χ0) is 24.0. The maximum absolute atomic E-state index is 13.4. The number of benzene rings is 2. The number of anilines is 3. The summed E-state index contributed by atoms with van der Waals surface area (Å²) in [4.78, 5) is 33.3. The fraction of sp³-hybridized carbons (Fsp3) is 0.440. The predicted octanol–water partition coefficient (Wildman–Crippen LogP) is 3.60. The second-order valence-electron chi connectivity index (χ2n) is 8.18. The molecular formula is C25H35N5O3. The number of ether oxygens (including phenoxy) is 1. The van der Waals surface area contributed by atoms with Gasteiger partial charge >= 0.3 is 6.03 Å². The molecule has 0 bridgehead atoms. The molecule has 0 atom stereocenters. The number of nitrogens with zero attached hydrogens (tertiary/aromatic N) is 4. The molecule has 1 aliphatic rings. The van der Waals surface area contributed by atoms with Crippen molar-refractivity contribution in [1.82, 2.24) is 9.80 Å². The third kappa shape index (κ3) is 5.50. The molecule has 2 aromatic carbocycles. The monoisotopic (exact) mass is 453 g/mol. The van der Waals surface area contributed by atoms with Crippen molar-refractivity contribution in [2.75, 3.05) is 75.6 Å². The standard InChI is InChI=1S/C25H35N5O3/c1-6-28(7-2)24(31)20-18-19(26-25(32)27(3)4)12-13-21(20)29-14-16-30(17-15-29)22-10-8-9-11-23(22)33-5/h8-13,18H,6-7,14-17H2,1-5H3,(H,26,32). The minimum atomic E-state index is -0.227. The number of rotatable bonds is 7. The number of piperazine rings is 1. The number of hydrogen-bond donors (Lipinski definition) is 1. The molecule has 0 aromatic heterocycles. The molecule has 0 unspecified atom stereocenters. The summed E-state index contributed by atoms with van der Waals surface area (Å²) in [6, 6.07) is 13.4. The molecule has 0 radical (unpaired) electrons. The number of carbonyl (C=O) groups excluding carboxylic acids is 2. The molecule has 1 heterocycles. The van der Waals surface area contributed by atoms with Gasteiger partial charge in [-0.3, -0.25) is 4.79 Å². The number of amides is 3. The van der Waals surface area contributed by atoms with E-state index >= 15 is 0 Å². The van der Waals surface area contributed by atoms with Gasteiger partial charge < -0.3 is 29.7 Å². The van der Waals surface area contributed by atoms with Crippen LogP contribution in [0.5, 0.6) is 5.75 Å². The molecule has 8 heteroatoms. The van der Waals surface area contributed by atoms with Crippen molar-refractivity contribution >= 4 is 29.0 Å². The summed E-state index contributed by atoms with van der Waals surface area (Å²) < 4.78 is 5.53. The van der Waals surface area contributed by atoms with Gasteiger partial charge in [-0.2, -0.15) is 0 Å². The van der Waals surface area contributed by atoms with Crippen molar-refractivity contribution in [3.8, 4) is 5.75 Å². The number of carbonyl (C=O) groups is 2. The smallest absolute Gasteiger partial charge is 0.321 e. The zero-order valence-corrected chi connectivity index (χ0v) is 20.3. The van der Waals surface area contributed by atoms with E-state index < -0.39 is 0 Å². The molecular weight excluding hydrogens is 418 g/mol. The van der Waals surface area contributed by atoms with Gasteiger partial charge in [-0.1, -0.05) is 12.1 Å². The van der Waals surface area contributed by atoms with Crippen LogP contribution in [0.25, 0.3) is 0 Å². The Labute approximate surface area is 196 Å². The van der Waals surface area contributed by atoms with Crippen molar-refractivity contribution in [1.29, 1.82) is 0 Å². The van der Waals surface area contributed by atoms with Gasteiger partial charge in [0.25, 0.3) is 5.91 Å². The molecule has 3 amide bonds. The highest BCUT2D eigenvalue weighted by atomic mass is 16.5. The van der Waals surface area contributed by atoms with Gasteiger partial charge in [-0.25, -0.2) is 4.79 Å². The van der Waals surface area contributed by atoms with Crippen LogP contribution in [0, 0.1) is 0 Å². The predicted molar refractivity (Wildman–Crippen MR) is 134 cm³/mol. The first-order valence-electron chi connectivity index (χ1n) is 11.4. The van der Waals surface area contributed by atoms with E-state index in [0.717, 1.165) is 43.3 Å². The molecule has 178 valence electrons. The highest BCUT2D eigenvalue weighted by Gasteiger charge is 2.25. The number of methoxy groups -OCH3 is 1. The summed E-state index contributed by atoms with van der Waals surface area (Å²) in [5, 5.41) is 2.86. The van der Waals surface area contributed by atoms with E-state index in [4.69, 9.17) is 4.74 Å². The third-order valence-electron chi connectivity index (χ3n) is 5.98. The van der Waals surface area contributed by atoms with E-state index in [-0.39, 0.29) is 11.9 Å². The minimum Gasteiger partial charge on any atom is -0.495 e. The van der Waals surface area contributed by atoms with E-state index in [9.17, 15) is 9.59 Å². The van der Waals surface area contributed by atoms with E-state index in [1.165, 1.54) is 4.90 Å². The van der Waals surface area contributed by atoms with Crippen LogP contribution in [0.4, 0.5) is 21.9 Å². The van der Waals surface area contributed by atoms with Crippen molar-refractivity contribution in [3.05, 3.63) is 48.0 Å². The van der Waals surface area contributed by atoms with Crippen molar-refractivity contribution in [2.24, 2.45) is 0 Å². The highest BCUT2D eigenvalue weighted by Crippen LogP contribution is 2.31. The topological polar surface area (TPSA) is 68.4 Å². The van der Waals surface area contributed by atoms with Crippen LogP contribution in [-0.4, -0.2) is 82.2 Å². The molecule has 0 saturated carbocycles. The summed E-state index contributed by atoms with van der Waals surface area (Å²) >= 11 is 0. The summed E-state index contributed by atoms with van der Waals surface area (Å²) in [6.45, 7) is 8.40. The average molecular weight is 454 g/mol. The Morgan fingerprint density at radius 2 is 1.55 bits per heavy atom. The van der Waals surface area contributed by atoms with Crippen molar-refractivity contribution in [3.63, 3.8) is 0 Å². The Bertz CT molecular complexity index is 966. The SMILES string of the molecule is CCN(CC)C(=O)c1cc(NC(=O)N(C)C)ccc1N1CCN(c2ccccc2OC)CC1. The molecule has 2 aromatic rings. The lowest BCUT2D eigenvalue weighted by molar-refractivity contribution is 0.0773. The summed E-state index contributed by atoms with van der Waals surface area (Å²) in [5.41, 5.74) is 3.21. The maximum Gasteiger partial charge on any atom is 0.321 e. The number of urea groups is 1. The number of hydrogen-bond acceptors (Lipinski definition) is 5. The van der Waals surface area contributed by atoms with Crippen LogP contribution < -0.4 is 19.9 Å². The van der Waals surface area contributed by atoms with Gasteiger partial charge in [0.05, 0.1) is 18.4 Å². The lowest BCUT2D eigenvalue weighted by Gasteiger charge is -2.38. The Kier molecular flexibility index (Phi) is 8.03. The van der Waals surface area contributed by atoms with E-state index in [2.05, 4.69) is 21.2 Å². The molecule has 1 saturated heterocycles. The van der Waals surface area contributed by atoms with Crippen molar-refractivity contribution in [2.45, 2.75) is 13.8 Å². The van der Waals surface area contributed by atoms with Gasteiger partial charge in [0.1, 0.15) is 5.75 Å². The van der Waals surface area contributed by atoms with Gasteiger partial charge in [0, 0.05) is 64.7 Å². The highest BCUT2D eigenvalue weighted by molar-refractivity contribution is 6.02. The molecule has 0 aliphatic carbocycles. The number of para-hydroxylation sites is 2. The lowest BCUT2D eigenvalue weighted by Crippen LogP contribution is -2.47. The molecule has 0 spiro atoms. The first kappa shape index (κ1) is 24.2. The molecule has 33 heavy (non-hydrogen) atoms. The molecule has 1 fully saturated rings. The fourth-order valence-corrected chi connectivity index (χ4v) is 4.06. The Hall–Kier alpha value is -3.42. The largest absolute Gasteiger partial charge is 0.495 e. The van der Waals surface area contributed by atoms with Crippen molar-refractivity contribution < 1.29 is 14.3 Å². The minimum absolute atomic E-state index is 0.0249. The fourth-order valence-electron chi connectivity index (χ4n) is 4.06. The normalized spacial score (nSPS) is 13.5. The van der Waals surface area contributed by atoms with Crippen LogP contribution in [0.2, 0.25) is 0 Å². The maximum atomic E-state index is 13.4. The average Bonchev–Trinajstić information content (AvgIpc) is 2.84. The van der Waals surface area contributed by atoms with Crippen LogP contribution >= 0.6 is 0 Å². The second-order valence-corrected chi connectivity index (χ2v) is 8.18. The van der Waals surface area contributed by atoms with Crippen LogP contribution in [-0.2, 0) is 0 Å².